The third-order valence-corrected chi connectivity index (χ3v) is 9.61. The van der Waals surface area contributed by atoms with Crippen LogP contribution in [0.25, 0.3) is 0 Å². The average molecular weight is 698 g/mol. The average Bonchev–Trinajstić information content (AvgIpc) is 3.24. The van der Waals surface area contributed by atoms with E-state index in [1.165, 1.54) is 37.2 Å². The summed E-state index contributed by atoms with van der Waals surface area (Å²) in [6, 6.07) is 6.22. The number of carbonyl (C=O) groups excluding carboxylic acids is 4. The number of phenols is 1. The monoisotopic (exact) mass is 696 g/mol. The summed E-state index contributed by atoms with van der Waals surface area (Å²) in [5, 5.41) is 35.1. The van der Waals surface area contributed by atoms with Crippen LogP contribution in [0.4, 0.5) is 22.7 Å². The number of nitrogens with zero attached hydrogens (tertiary/aromatic N) is 4. The van der Waals surface area contributed by atoms with Gasteiger partial charge >= 0.3 is 11.4 Å². The molecule has 1 saturated heterocycles. The molecule has 0 saturated carbocycles. The number of aromatic hydroxyl groups is 1. The third-order valence-electron chi connectivity index (χ3n) is 8.79. The second-order valence-corrected chi connectivity index (χ2v) is 12.6. The van der Waals surface area contributed by atoms with Crippen LogP contribution in [-0.2, 0) is 19.2 Å². The zero-order chi connectivity index (χ0) is 32.6. The SMILES string of the molecule is CN(C)c1c([N+](=O)[O-])cc(N2C(=O)[C@H]3[C@H](CC=C4[C@H](c5cc(Cl)ccc5O)C5=C(C[C@H]43)C(=O)C(Br)=CC5=O)C2=O)cc1[N+](=O)[O-]. The summed E-state index contributed by atoms with van der Waals surface area (Å²) in [6.45, 7) is 0. The molecule has 45 heavy (non-hydrogen) atoms. The Bertz CT molecular complexity index is 1860. The molecule has 2 amide bonds. The fourth-order valence-corrected chi connectivity index (χ4v) is 7.66. The Morgan fingerprint density at radius 1 is 1.00 bits per heavy atom. The summed E-state index contributed by atoms with van der Waals surface area (Å²) < 4.78 is 0.0242. The van der Waals surface area contributed by atoms with Gasteiger partial charge in [0.2, 0.25) is 11.8 Å². The molecule has 1 heterocycles. The van der Waals surface area contributed by atoms with Crippen molar-refractivity contribution in [2.75, 3.05) is 23.9 Å². The van der Waals surface area contributed by atoms with Gasteiger partial charge in [0.25, 0.3) is 0 Å². The molecular weight excluding hydrogens is 676 g/mol. The molecule has 1 aliphatic heterocycles. The molecule has 15 heteroatoms. The lowest BCUT2D eigenvalue weighted by Crippen LogP contribution is -2.39. The number of phenolic OH excluding ortho intramolecular Hbond substituents is 1. The van der Waals surface area contributed by atoms with Crippen LogP contribution in [0.1, 0.15) is 24.3 Å². The summed E-state index contributed by atoms with van der Waals surface area (Å²) in [6.07, 6.45) is 2.85. The summed E-state index contributed by atoms with van der Waals surface area (Å²) in [5.74, 6) is -6.31. The zero-order valence-electron chi connectivity index (χ0n) is 23.5. The first kappa shape index (κ1) is 30.3. The second-order valence-electron chi connectivity index (χ2n) is 11.3. The van der Waals surface area contributed by atoms with E-state index in [-0.39, 0.29) is 56.2 Å². The number of halogens is 2. The van der Waals surface area contributed by atoms with Gasteiger partial charge in [-0.15, -0.1) is 0 Å². The minimum Gasteiger partial charge on any atom is -0.508 e. The topological polar surface area (TPSA) is 181 Å². The Kier molecular flexibility index (Phi) is 7.24. The van der Waals surface area contributed by atoms with Crippen LogP contribution in [0.3, 0.4) is 0 Å². The summed E-state index contributed by atoms with van der Waals surface area (Å²) in [7, 11) is 2.79. The van der Waals surface area contributed by atoms with Gasteiger partial charge in [-0.05, 0) is 52.9 Å². The molecule has 1 fully saturated rings. The number of carbonyl (C=O) groups is 4. The number of fused-ring (bicyclic) bond motifs is 3. The minimum atomic E-state index is -1.06. The molecule has 0 radical (unpaired) electrons. The van der Waals surface area contributed by atoms with Gasteiger partial charge in [-0.3, -0.25) is 39.4 Å². The first-order chi connectivity index (χ1) is 21.2. The van der Waals surface area contributed by atoms with Gasteiger partial charge in [-0.25, -0.2) is 4.90 Å². The molecule has 0 aromatic heterocycles. The van der Waals surface area contributed by atoms with Crippen molar-refractivity contribution >= 4 is 73.7 Å². The Balaban J connectivity index is 1.50. The van der Waals surface area contributed by atoms with Crippen molar-refractivity contribution in [2.45, 2.75) is 18.8 Å². The number of Topliss-reactive ketones (excluding diaryl/α,β-unsaturated/α-hetero) is 1. The molecule has 3 aliphatic carbocycles. The summed E-state index contributed by atoms with van der Waals surface area (Å²) in [4.78, 5) is 79.0. The number of hydrogen-bond donors (Lipinski definition) is 1. The third kappa shape index (κ3) is 4.58. The van der Waals surface area contributed by atoms with Crippen LogP contribution in [0.2, 0.25) is 5.02 Å². The predicted octanol–water partition coefficient (Wildman–Crippen LogP) is 4.89. The second kappa shape index (κ2) is 10.7. The molecule has 0 unspecified atom stereocenters. The quantitative estimate of drug-likeness (QED) is 0.148. The molecular formula is C30H22BrClN4O9. The molecule has 6 rings (SSSR count). The van der Waals surface area contributed by atoms with Crippen molar-refractivity contribution in [2.24, 2.45) is 17.8 Å². The number of nitro benzene ring substituents is 2. The van der Waals surface area contributed by atoms with Gasteiger partial charge in [-0.1, -0.05) is 23.3 Å². The van der Waals surface area contributed by atoms with Crippen LogP contribution < -0.4 is 9.80 Å². The van der Waals surface area contributed by atoms with Crippen molar-refractivity contribution in [1.29, 1.82) is 0 Å². The zero-order valence-corrected chi connectivity index (χ0v) is 25.9. The summed E-state index contributed by atoms with van der Waals surface area (Å²) >= 11 is 9.42. The summed E-state index contributed by atoms with van der Waals surface area (Å²) in [5.41, 5.74) is -0.888. The van der Waals surface area contributed by atoms with Crippen molar-refractivity contribution < 1.29 is 34.1 Å². The molecule has 0 spiro atoms. The van der Waals surface area contributed by atoms with E-state index < -0.39 is 68.3 Å². The Hall–Kier alpha value is -4.69. The molecule has 2 aromatic carbocycles. The lowest BCUT2D eigenvalue weighted by molar-refractivity contribution is -0.392. The predicted molar refractivity (Wildman–Crippen MR) is 164 cm³/mol. The van der Waals surface area contributed by atoms with E-state index in [1.807, 2.05) is 0 Å². The van der Waals surface area contributed by atoms with Gasteiger partial charge in [0.15, 0.2) is 17.3 Å². The number of allylic oxidation sites excluding steroid dienone is 6. The number of amides is 2. The number of anilines is 2. The molecule has 2 aromatic rings. The number of ketones is 2. The van der Waals surface area contributed by atoms with E-state index in [2.05, 4.69) is 15.9 Å². The number of hydrogen-bond acceptors (Lipinski definition) is 10. The minimum absolute atomic E-state index is 0.0242. The Morgan fingerprint density at radius 3 is 2.24 bits per heavy atom. The molecule has 1 N–H and O–H groups in total. The van der Waals surface area contributed by atoms with E-state index in [0.29, 0.717) is 5.57 Å². The smallest absolute Gasteiger partial charge is 0.301 e. The maximum Gasteiger partial charge on any atom is 0.301 e. The van der Waals surface area contributed by atoms with E-state index in [0.717, 1.165) is 23.1 Å². The van der Waals surface area contributed by atoms with Gasteiger partial charge in [-0.2, -0.15) is 0 Å². The maximum atomic E-state index is 14.2. The van der Waals surface area contributed by atoms with Crippen LogP contribution >= 0.6 is 27.5 Å². The molecule has 230 valence electrons. The molecule has 13 nitrogen and oxygen atoms in total. The maximum absolute atomic E-state index is 14.2. The molecule has 0 bridgehead atoms. The van der Waals surface area contributed by atoms with Crippen molar-refractivity contribution in [3.8, 4) is 5.75 Å². The largest absolute Gasteiger partial charge is 0.508 e. The molecule has 4 aliphatic rings. The van der Waals surface area contributed by atoms with E-state index in [9.17, 15) is 44.5 Å². The van der Waals surface area contributed by atoms with Crippen LogP contribution in [0.15, 0.2) is 63.7 Å². The fraction of sp³-hybridized carbons (Fsp3) is 0.267. The number of nitro groups is 2. The normalized spacial score (nSPS) is 24.1. The van der Waals surface area contributed by atoms with Gasteiger partial charge in [0, 0.05) is 60.0 Å². The van der Waals surface area contributed by atoms with E-state index >= 15 is 0 Å². The number of rotatable bonds is 5. The first-order valence-electron chi connectivity index (χ1n) is 13.6. The number of benzene rings is 2. The highest BCUT2D eigenvalue weighted by Gasteiger charge is 2.57. The number of imide groups is 1. The lowest BCUT2D eigenvalue weighted by Gasteiger charge is -2.42. The fourth-order valence-electron chi connectivity index (χ4n) is 7.03. The van der Waals surface area contributed by atoms with Crippen LogP contribution in [0.5, 0.6) is 5.75 Å². The highest BCUT2D eigenvalue weighted by molar-refractivity contribution is 9.12. The van der Waals surface area contributed by atoms with E-state index in [1.54, 1.807) is 6.08 Å². The Labute approximate surface area is 267 Å². The van der Waals surface area contributed by atoms with Crippen molar-refractivity contribution in [1.82, 2.24) is 0 Å². The van der Waals surface area contributed by atoms with Crippen molar-refractivity contribution in [3.63, 3.8) is 0 Å². The van der Waals surface area contributed by atoms with Gasteiger partial charge < -0.3 is 10.0 Å². The van der Waals surface area contributed by atoms with Crippen LogP contribution in [0, 0.1) is 38.0 Å². The molecule has 4 atom stereocenters. The highest BCUT2D eigenvalue weighted by atomic mass is 79.9. The van der Waals surface area contributed by atoms with E-state index in [4.69, 9.17) is 11.6 Å². The Morgan fingerprint density at radius 2 is 1.64 bits per heavy atom. The highest BCUT2D eigenvalue weighted by Crippen LogP contribution is 2.57. The van der Waals surface area contributed by atoms with Crippen LogP contribution in [-0.4, -0.2) is 52.4 Å². The first-order valence-corrected chi connectivity index (χ1v) is 14.8. The van der Waals surface area contributed by atoms with Gasteiger partial charge in [0.05, 0.1) is 31.9 Å². The van der Waals surface area contributed by atoms with Crippen molar-refractivity contribution in [3.05, 3.63) is 94.5 Å². The standard InChI is InChI=1S/C30H22BrClN4O9/c1-33(2)27-20(35(42)43)8-13(9-21(27)36(44)45)34-29(40)15-5-4-14-16(25(15)30(34)41)10-18-26(23(38)11-19(31)28(18)39)24(14)17-7-12(32)3-6-22(17)37/h3-4,6-9,11,15-16,24-25,37H,5,10H2,1-2H3/t15-,16+,24+,25-/m0/s1. The lowest BCUT2D eigenvalue weighted by atomic mass is 9.59. The van der Waals surface area contributed by atoms with Gasteiger partial charge in [0.1, 0.15) is 5.75 Å².